The molecule has 84 valence electrons. The second kappa shape index (κ2) is 7.24. The van der Waals surface area contributed by atoms with Crippen molar-refractivity contribution in [2.24, 2.45) is 0 Å². The van der Waals surface area contributed by atoms with Gasteiger partial charge in [0.05, 0.1) is 0 Å². The molecule has 1 atom stereocenters. The monoisotopic (exact) mass is 199 g/mol. The molecule has 0 aromatic carbocycles. The van der Waals surface area contributed by atoms with Crippen LogP contribution in [-0.4, -0.2) is 30.8 Å². The summed E-state index contributed by atoms with van der Waals surface area (Å²) in [5, 5.41) is 0. The lowest BCUT2D eigenvalue weighted by atomic mass is 10.2. The lowest BCUT2D eigenvalue weighted by Crippen LogP contribution is -2.36. The van der Waals surface area contributed by atoms with Crippen LogP contribution in [0.2, 0.25) is 0 Å². The fourth-order valence-electron chi connectivity index (χ4n) is 1.97. The summed E-state index contributed by atoms with van der Waals surface area (Å²) < 4.78 is 5.74. The maximum atomic E-state index is 5.74. The first-order valence-electron chi connectivity index (χ1n) is 6.24. The largest absolute Gasteiger partial charge is 0.363 e. The van der Waals surface area contributed by atoms with Crippen molar-refractivity contribution in [2.75, 3.05) is 19.7 Å². The third-order valence-electron chi connectivity index (χ3n) is 2.91. The SMILES string of the molecule is CCCCN(CCCC)C1CCCO1. The van der Waals surface area contributed by atoms with E-state index in [1.54, 1.807) is 0 Å². The number of ether oxygens (including phenoxy) is 1. The summed E-state index contributed by atoms with van der Waals surface area (Å²) in [6, 6.07) is 0. The molecule has 0 saturated carbocycles. The molecule has 1 rings (SSSR count). The van der Waals surface area contributed by atoms with E-state index >= 15 is 0 Å². The third kappa shape index (κ3) is 3.97. The van der Waals surface area contributed by atoms with Crippen molar-refractivity contribution in [2.45, 2.75) is 58.6 Å². The van der Waals surface area contributed by atoms with Gasteiger partial charge in [0.25, 0.3) is 0 Å². The van der Waals surface area contributed by atoms with Crippen molar-refractivity contribution in [1.82, 2.24) is 4.90 Å². The fourth-order valence-corrected chi connectivity index (χ4v) is 1.97. The van der Waals surface area contributed by atoms with Crippen molar-refractivity contribution in [3.8, 4) is 0 Å². The number of rotatable bonds is 7. The van der Waals surface area contributed by atoms with E-state index in [0.29, 0.717) is 6.23 Å². The molecule has 0 bridgehead atoms. The topological polar surface area (TPSA) is 12.5 Å². The van der Waals surface area contributed by atoms with Crippen LogP contribution in [0.25, 0.3) is 0 Å². The van der Waals surface area contributed by atoms with Crippen LogP contribution >= 0.6 is 0 Å². The number of unbranched alkanes of at least 4 members (excludes halogenated alkanes) is 2. The standard InChI is InChI=1S/C12H25NO/c1-3-5-9-13(10-6-4-2)12-8-7-11-14-12/h12H,3-11H2,1-2H3. The van der Waals surface area contributed by atoms with E-state index in [9.17, 15) is 0 Å². The van der Waals surface area contributed by atoms with Crippen molar-refractivity contribution < 1.29 is 4.74 Å². The summed E-state index contributed by atoms with van der Waals surface area (Å²) >= 11 is 0. The highest BCUT2D eigenvalue weighted by Gasteiger charge is 2.21. The van der Waals surface area contributed by atoms with E-state index in [2.05, 4.69) is 18.7 Å². The zero-order valence-electron chi connectivity index (χ0n) is 9.80. The van der Waals surface area contributed by atoms with Gasteiger partial charge in [-0.2, -0.15) is 0 Å². The first-order chi connectivity index (χ1) is 6.88. The Kier molecular flexibility index (Phi) is 6.20. The minimum Gasteiger partial charge on any atom is -0.363 e. The van der Waals surface area contributed by atoms with Crippen LogP contribution in [0.5, 0.6) is 0 Å². The van der Waals surface area contributed by atoms with E-state index in [1.165, 1.54) is 51.6 Å². The summed E-state index contributed by atoms with van der Waals surface area (Å²) in [4.78, 5) is 2.54. The highest BCUT2D eigenvalue weighted by molar-refractivity contribution is 4.68. The maximum Gasteiger partial charge on any atom is 0.110 e. The van der Waals surface area contributed by atoms with E-state index in [1.807, 2.05) is 0 Å². The van der Waals surface area contributed by atoms with Crippen molar-refractivity contribution >= 4 is 0 Å². The van der Waals surface area contributed by atoms with Crippen LogP contribution in [0.4, 0.5) is 0 Å². The molecule has 14 heavy (non-hydrogen) atoms. The summed E-state index contributed by atoms with van der Waals surface area (Å²) in [7, 11) is 0. The molecule has 1 unspecified atom stereocenters. The maximum absolute atomic E-state index is 5.74. The zero-order valence-corrected chi connectivity index (χ0v) is 9.80. The predicted molar refractivity (Wildman–Crippen MR) is 60.4 cm³/mol. The first-order valence-corrected chi connectivity index (χ1v) is 6.24. The highest BCUT2D eigenvalue weighted by atomic mass is 16.5. The van der Waals surface area contributed by atoms with Gasteiger partial charge in [0.1, 0.15) is 6.23 Å². The Morgan fingerprint density at radius 2 is 1.79 bits per heavy atom. The molecule has 0 N–H and O–H groups in total. The molecule has 1 aliphatic rings. The van der Waals surface area contributed by atoms with Gasteiger partial charge in [-0.25, -0.2) is 0 Å². The number of hydrogen-bond acceptors (Lipinski definition) is 2. The molecule has 0 amide bonds. The van der Waals surface area contributed by atoms with Crippen LogP contribution in [0.15, 0.2) is 0 Å². The minimum absolute atomic E-state index is 0.438. The van der Waals surface area contributed by atoms with E-state index in [0.717, 1.165) is 6.61 Å². The van der Waals surface area contributed by atoms with Gasteiger partial charge in [-0.05, 0) is 25.7 Å². The summed E-state index contributed by atoms with van der Waals surface area (Å²) in [6.07, 6.45) is 8.12. The van der Waals surface area contributed by atoms with Gasteiger partial charge < -0.3 is 4.74 Å². The van der Waals surface area contributed by atoms with Crippen molar-refractivity contribution in [1.29, 1.82) is 0 Å². The molecule has 2 nitrogen and oxygen atoms in total. The van der Waals surface area contributed by atoms with E-state index < -0.39 is 0 Å². The van der Waals surface area contributed by atoms with Crippen molar-refractivity contribution in [3.05, 3.63) is 0 Å². The lowest BCUT2D eigenvalue weighted by molar-refractivity contribution is -0.0210. The normalized spacial score (nSPS) is 22.1. The molecule has 1 saturated heterocycles. The van der Waals surface area contributed by atoms with Gasteiger partial charge in [0.15, 0.2) is 0 Å². The molecule has 0 aromatic rings. The van der Waals surface area contributed by atoms with Gasteiger partial charge in [-0.1, -0.05) is 26.7 Å². The minimum atomic E-state index is 0.438. The smallest absolute Gasteiger partial charge is 0.110 e. The Labute approximate surface area is 88.6 Å². The second-order valence-corrected chi connectivity index (χ2v) is 4.21. The van der Waals surface area contributed by atoms with E-state index in [4.69, 9.17) is 4.74 Å². The molecule has 0 aliphatic carbocycles. The van der Waals surface area contributed by atoms with Gasteiger partial charge in [0, 0.05) is 19.7 Å². The molecule has 1 fully saturated rings. The Bertz CT molecular complexity index is 124. The fraction of sp³-hybridized carbons (Fsp3) is 1.00. The lowest BCUT2D eigenvalue weighted by Gasteiger charge is -2.27. The molecule has 1 aliphatic heterocycles. The Morgan fingerprint density at radius 3 is 2.21 bits per heavy atom. The molecular weight excluding hydrogens is 174 g/mol. The van der Waals surface area contributed by atoms with Gasteiger partial charge in [-0.3, -0.25) is 4.90 Å². The quantitative estimate of drug-likeness (QED) is 0.625. The number of nitrogens with zero attached hydrogens (tertiary/aromatic N) is 1. The van der Waals surface area contributed by atoms with Crippen LogP contribution in [-0.2, 0) is 4.74 Å². The zero-order chi connectivity index (χ0) is 10.2. The van der Waals surface area contributed by atoms with Crippen LogP contribution in [0.3, 0.4) is 0 Å². The summed E-state index contributed by atoms with van der Waals surface area (Å²) in [6.45, 7) is 7.93. The third-order valence-corrected chi connectivity index (χ3v) is 2.91. The molecule has 0 aromatic heterocycles. The van der Waals surface area contributed by atoms with E-state index in [-0.39, 0.29) is 0 Å². The molecular formula is C12H25NO. The van der Waals surface area contributed by atoms with Crippen LogP contribution in [0.1, 0.15) is 52.4 Å². The Hall–Kier alpha value is -0.0800. The summed E-state index contributed by atoms with van der Waals surface area (Å²) in [5.41, 5.74) is 0. The van der Waals surface area contributed by atoms with Gasteiger partial charge in [-0.15, -0.1) is 0 Å². The Morgan fingerprint density at radius 1 is 1.14 bits per heavy atom. The Balaban J connectivity index is 2.26. The molecule has 0 spiro atoms. The average Bonchev–Trinajstić information content (AvgIpc) is 2.71. The van der Waals surface area contributed by atoms with Gasteiger partial charge >= 0.3 is 0 Å². The highest BCUT2D eigenvalue weighted by Crippen LogP contribution is 2.17. The summed E-state index contributed by atoms with van der Waals surface area (Å²) in [5.74, 6) is 0. The van der Waals surface area contributed by atoms with Crippen LogP contribution in [0, 0.1) is 0 Å². The second-order valence-electron chi connectivity index (χ2n) is 4.21. The number of hydrogen-bond donors (Lipinski definition) is 0. The van der Waals surface area contributed by atoms with Crippen molar-refractivity contribution in [3.63, 3.8) is 0 Å². The molecule has 1 heterocycles. The van der Waals surface area contributed by atoms with Gasteiger partial charge in [0.2, 0.25) is 0 Å². The van der Waals surface area contributed by atoms with Crippen LogP contribution < -0.4 is 0 Å². The first kappa shape index (κ1) is 12.0. The molecule has 2 heteroatoms. The molecule has 0 radical (unpaired) electrons. The predicted octanol–water partition coefficient (Wildman–Crippen LogP) is 3.03. The average molecular weight is 199 g/mol.